The third-order valence-electron chi connectivity index (χ3n) is 5.26. The molecule has 3 aromatic carbocycles. The number of para-hydroxylation sites is 1. The van der Waals surface area contributed by atoms with Crippen LogP contribution in [-0.4, -0.2) is 35.1 Å². The summed E-state index contributed by atoms with van der Waals surface area (Å²) in [6.07, 6.45) is 0.614. The summed E-state index contributed by atoms with van der Waals surface area (Å²) < 4.78 is 38.6. The van der Waals surface area contributed by atoms with E-state index in [1.807, 2.05) is 12.1 Å². The van der Waals surface area contributed by atoms with Crippen molar-refractivity contribution in [3.8, 4) is 11.5 Å². The minimum atomic E-state index is -3.96. The number of carbonyl (C=O) groups is 1. The van der Waals surface area contributed by atoms with Crippen molar-refractivity contribution in [1.82, 2.24) is 0 Å². The van der Waals surface area contributed by atoms with E-state index in [-0.39, 0.29) is 15.5 Å². The van der Waals surface area contributed by atoms with Gasteiger partial charge in [0.1, 0.15) is 16.4 Å². The number of ether oxygens (including phenoxy) is 2. The zero-order valence-corrected chi connectivity index (χ0v) is 19.0. The Morgan fingerprint density at radius 3 is 2.56 bits per heavy atom. The highest BCUT2D eigenvalue weighted by Gasteiger charge is 2.32. The zero-order valence-electron chi connectivity index (χ0n) is 17.5. The average molecular weight is 473 g/mol. The molecule has 0 saturated carbocycles. The number of methoxy groups -OCH3 is 2. The summed E-state index contributed by atoms with van der Waals surface area (Å²) >= 11 is 6.26. The van der Waals surface area contributed by atoms with Crippen LogP contribution in [0.25, 0.3) is 0 Å². The molecule has 0 saturated heterocycles. The topological polar surface area (TPSA) is 84.9 Å². The third-order valence-corrected chi connectivity index (χ3v) is 7.56. The number of rotatable bonds is 6. The van der Waals surface area contributed by atoms with E-state index < -0.39 is 15.9 Å². The van der Waals surface area contributed by atoms with Gasteiger partial charge in [-0.25, -0.2) is 8.42 Å². The van der Waals surface area contributed by atoms with Gasteiger partial charge in [-0.05, 0) is 48.4 Å². The molecule has 1 amide bonds. The number of anilines is 2. The molecule has 9 heteroatoms. The Morgan fingerprint density at radius 1 is 1.03 bits per heavy atom. The van der Waals surface area contributed by atoms with E-state index >= 15 is 0 Å². The molecule has 0 aromatic heterocycles. The van der Waals surface area contributed by atoms with Crippen LogP contribution in [0.3, 0.4) is 0 Å². The van der Waals surface area contributed by atoms with Crippen LogP contribution >= 0.6 is 11.6 Å². The van der Waals surface area contributed by atoms with E-state index in [9.17, 15) is 13.2 Å². The Kier molecular flexibility index (Phi) is 5.99. The number of amides is 1. The van der Waals surface area contributed by atoms with E-state index in [1.165, 1.54) is 36.7 Å². The normalized spacial score (nSPS) is 12.9. The fourth-order valence-corrected chi connectivity index (χ4v) is 5.63. The molecule has 32 heavy (non-hydrogen) atoms. The summed E-state index contributed by atoms with van der Waals surface area (Å²) in [5.41, 5.74) is 2.11. The Bertz CT molecular complexity index is 1290. The number of nitrogens with zero attached hydrogens (tertiary/aromatic N) is 1. The molecule has 1 N–H and O–H groups in total. The first kappa shape index (κ1) is 22.0. The average Bonchev–Trinajstić information content (AvgIpc) is 3.24. The van der Waals surface area contributed by atoms with Crippen LogP contribution in [0, 0.1) is 0 Å². The lowest BCUT2D eigenvalue weighted by Gasteiger charge is -2.20. The predicted molar refractivity (Wildman–Crippen MR) is 124 cm³/mol. The van der Waals surface area contributed by atoms with E-state index in [0.717, 1.165) is 5.56 Å². The number of hydrogen-bond donors (Lipinski definition) is 1. The van der Waals surface area contributed by atoms with Crippen molar-refractivity contribution in [3.63, 3.8) is 0 Å². The summed E-state index contributed by atoms with van der Waals surface area (Å²) in [6, 6.07) is 16.5. The quantitative estimate of drug-likeness (QED) is 0.576. The summed E-state index contributed by atoms with van der Waals surface area (Å²) in [6.45, 7) is 0.315. The molecule has 0 bridgehead atoms. The minimum absolute atomic E-state index is 0.0462. The lowest BCUT2D eigenvalue weighted by atomic mass is 10.2. The Labute approximate surface area is 191 Å². The first-order chi connectivity index (χ1) is 15.3. The van der Waals surface area contributed by atoms with Gasteiger partial charge in [0.05, 0.1) is 30.6 Å². The van der Waals surface area contributed by atoms with Crippen LogP contribution in [0.5, 0.6) is 11.5 Å². The van der Waals surface area contributed by atoms with Crippen LogP contribution in [0.1, 0.15) is 15.9 Å². The smallest absolute Gasteiger partial charge is 0.265 e. The molecule has 0 radical (unpaired) electrons. The molecule has 0 aliphatic carbocycles. The fourth-order valence-electron chi connectivity index (χ4n) is 3.62. The molecular formula is C23H21ClN2O5S. The molecule has 0 atom stereocenters. The van der Waals surface area contributed by atoms with Crippen molar-refractivity contribution in [1.29, 1.82) is 0 Å². The highest BCUT2D eigenvalue weighted by Crippen LogP contribution is 2.35. The first-order valence-corrected chi connectivity index (χ1v) is 11.6. The molecule has 4 rings (SSSR count). The standard InChI is InChI=1S/C23H21ClN2O5S/c1-30-17-8-10-21(31-2)19(14-17)25-23(27)16-7-9-18(24)22(13-16)32(28,29)26-12-11-15-5-3-4-6-20(15)26/h3-10,13-14H,11-12H2,1-2H3,(H,25,27). The van der Waals surface area contributed by atoms with Crippen LogP contribution < -0.4 is 19.1 Å². The Morgan fingerprint density at radius 2 is 1.81 bits per heavy atom. The molecule has 7 nitrogen and oxygen atoms in total. The van der Waals surface area contributed by atoms with Gasteiger partial charge in [-0.3, -0.25) is 9.10 Å². The largest absolute Gasteiger partial charge is 0.497 e. The van der Waals surface area contributed by atoms with Gasteiger partial charge in [0, 0.05) is 18.2 Å². The van der Waals surface area contributed by atoms with Crippen LogP contribution in [0.4, 0.5) is 11.4 Å². The van der Waals surface area contributed by atoms with E-state index in [0.29, 0.717) is 35.8 Å². The van der Waals surface area contributed by atoms with Gasteiger partial charge in [-0.15, -0.1) is 0 Å². The summed E-state index contributed by atoms with van der Waals surface area (Å²) in [7, 11) is -0.960. The molecule has 1 heterocycles. The first-order valence-electron chi connectivity index (χ1n) is 9.78. The summed E-state index contributed by atoms with van der Waals surface area (Å²) in [4.78, 5) is 12.8. The maximum atomic E-state index is 13.4. The van der Waals surface area contributed by atoms with E-state index in [1.54, 1.807) is 30.3 Å². The van der Waals surface area contributed by atoms with Crippen molar-refractivity contribution >= 4 is 38.9 Å². The molecule has 0 fully saturated rings. The molecule has 0 spiro atoms. The van der Waals surface area contributed by atoms with Gasteiger partial charge in [-0.1, -0.05) is 29.8 Å². The Hall–Kier alpha value is -3.23. The van der Waals surface area contributed by atoms with Gasteiger partial charge >= 0.3 is 0 Å². The van der Waals surface area contributed by atoms with E-state index in [4.69, 9.17) is 21.1 Å². The maximum absolute atomic E-state index is 13.4. The SMILES string of the molecule is COc1ccc(OC)c(NC(=O)c2ccc(Cl)c(S(=O)(=O)N3CCc4ccccc43)c2)c1. The van der Waals surface area contributed by atoms with Crippen molar-refractivity contribution in [2.75, 3.05) is 30.4 Å². The molecule has 3 aromatic rings. The van der Waals surface area contributed by atoms with Crippen molar-refractivity contribution in [3.05, 3.63) is 76.8 Å². The number of sulfonamides is 1. The van der Waals surface area contributed by atoms with Gasteiger partial charge < -0.3 is 14.8 Å². The number of fused-ring (bicyclic) bond motifs is 1. The number of halogens is 1. The molecule has 1 aliphatic rings. The molecule has 0 unspecified atom stereocenters. The summed E-state index contributed by atoms with van der Waals surface area (Å²) in [5.74, 6) is 0.467. The predicted octanol–water partition coefficient (Wildman–Crippen LogP) is 4.36. The highest BCUT2D eigenvalue weighted by atomic mass is 35.5. The lowest BCUT2D eigenvalue weighted by molar-refractivity contribution is 0.102. The second-order valence-corrected chi connectivity index (χ2v) is 9.36. The maximum Gasteiger partial charge on any atom is 0.265 e. The number of benzene rings is 3. The zero-order chi connectivity index (χ0) is 22.9. The van der Waals surface area contributed by atoms with Crippen LogP contribution in [0.15, 0.2) is 65.6 Å². The summed E-state index contributed by atoms with van der Waals surface area (Å²) in [5, 5.41) is 2.79. The molecule has 166 valence electrons. The highest BCUT2D eigenvalue weighted by molar-refractivity contribution is 7.93. The van der Waals surface area contributed by atoms with Crippen molar-refractivity contribution in [2.45, 2.75) is 11.3 Å². The van der Waals surface area contributed by atoms with Crippen LogP contribution in [0.2, 0.25) is 5.02 Å². The van der Waals surface area contributed by atoms with Gasteiger partial charge in [-0.2, -0.15) is 0 Å². The second kappa shape index (κ2) is 8.72. The third kappa shape index (κ3) is 3.99. The van der Waals surface area contributed by atoms with Gasteiger partial charge in [0.2, 0.25) is 0 Å². The number of hydrogen-bond acceptors (Lipinski definition) is 5. The lowest BCUT2D eigenvalue weighted by Crippen LogP contribution is -2.29. The monoisotopic (exact) mass is 472 g/mol. The molecular weight excluding hydrogens is 452 g/mol. The van der Waals surface area contributed by atoms with Crippen molar-refractivity contribution in [2.24, 2.45) is 0 Å². The molecule has 1 aliphatic heterocycles. The number of carbonyl (C=O) groups excluding carboxylic acids is 1. The fraction of sp³-hybridized carbons (Fsp3) is 0.174. The van der Waals surface area contributed by atoms with Gasteiger partial charge in [0.25, 0.3) is 15.9 Å². The van der Waals surface area contributed by atoms with Crippen LogP contribution in [-0.2, 0) is 16.4 Å². The van der Waals surface area contributed by atoms with E-state index in [2.05, 4.69) is 5.32 Å². The minimum Gasteiger partial charge on any atom is -0.497 e. The second-order valence-electron chi connectivity index (χ2n) is 7.12. The number of nitrogens with one attached hydrogen (secondary N) is 1. The Balaban J connectivity index is 1.67. The van der Waals surface area contributed by atoms with Crippen molar-refractivity contribution < 1.29 is 22.7 Å². The van der Waals surface area contributed by atoms with Gasteiger partial charge in [0.15, 0.2) is 0 Å².